The normalized spacial score (nSPS) is 16.8. The Morgan fingerprint density at radius 1 is 1.12 bits per heavy atom. The molecule has 1 amide bonds. The zero-order valence-corrected chi connectivity index (χ0v) is 15.7. The fraction of sp³-hybridized carbons (Fsp3) is 0.650. The molecule has 1 aromatic rings. The molecule has 2 N–H and O–H groups in total. The standard InChI is InChI=1S/C20H33N3O/c1-15(2)23(4)20(24)19(21)13-16-9-11-17(12-10-16)14-22(3)18-7-5-6-8-18/h9-12,15,18-19H,5-8,13-14,21H2,1-4H3. The first-order valence-corrected chi connectivity index (χ1v) is 9.18. The van der Waals surface area contributed by atoms with Gasteiger partial charge < -0.3 is 10.6 Å². The van der Waals surface area contributed by atoms with Gasteiger partial charge >= 0.3 is 0 Å². The molecule has 24 heavy (non-hydrogen) atoms. The quantitative estimate of drug-likeness (QED) is 0.836. The van der Waals surface area contributed by atoms with Gasteiger partial charge in [0, 0.05) is 25.7 Å². The van der Waals surface area contributed by atoms with E-state index in [1.807, 2.05) is 20.9 Å². The number of likely N-dealkylation sites (N-methyl/N-ethyl adjacent to an activating group) is 1. The number of nitrogens with zero attached hydrogens (tertiary/aromatic N) is 2. The molecular weight excluding hydrogens is 298 g/mol. The van der Waals surface area contributed by atoms with Crippen molar-refractivity contribution in [3.05, 3.63) is 35.4 Å². The van der Waals surface area contributed by atoms with Gasteiger partial charge in [-0.1, -0.05) is 37.1 Å². The Kier molecular flexibility index (Phi) is 6.81. The van der Waals surface area contributed by atoms with Gasteiger partial charge in [-0.3, -0.25) is 9.69 Å². The molecule has 4 nitrogen and oxygen atoms in total. The second-order valence-electron chi connectivity index (χ2n) is 7.52. The Bertz CT molecular complexity index is 520. The van der Waals surface area contributed by atoms with Gasteiger partial charge in [-0.2, -0.15) is 0 Å². The van der Waals surface area contributed by atoms with E-state index in [0.29, 0.717) is 6.42 Å². The number of carbonyl (C=O) groups excluding carboxylic acids is 1. The van der Waals surface area contributed by atoms with Crippen molar-refractivity contribution >= 4 is 5.91 Å². The highest BCUT2D eigenvalue weighted by Gasteiger charge is 2.21. The van der Waals surface area contributed by atoms with Gasteiger partial charge in [-0.25, -0.2) is 0 Å². The molecule has 0 saturated heterocycles. The summed E-state index contributed by atoms with van der Waals surface area (Å²) in [5.41, 5.74) is 8.54. The maximum Gasteiger partial charge on any atom is 0.239 e. The third-order valence-corrected chi connectivity index (χ3v) is 5.30. The van der Waals surface area contributed by atoms with Crippen LogP contribution in [0.2, 0.25) is 0 Å². The van der Waals surface area contributed by atoms with Gasteiger partial charge in [-0.15, -0.1) is 0 Å². The fourth-order valence-corrected chi connectivity index (χ4v) is 3.40. The van der Waals surface area contributed by atoms with Gasteiger partial charge in [-0.05, 0) is 51.3 Å². The van der Waals surface area contributed by atoms with Crippen molar-refractivity contribution < 1.29 is 4.79 Å². The largest absolute Gasteiger partial charge is 0.342 e. The number of nitrogens with two attached hydrogens (primary N) is 1. The molecule has 4 heteroatoms. The summed E-state index contributed by atoms with van der Waals surface area (Å²) < 4.78 is 0. The lowest BCUT2D eigenvalue weighted by Gasteiger charge is -2.25. The first-order valence-electron chi connectivity index (χ1n) is 9.18. The Labute approximate surface area is 147 Å². The Hall–Kier alpha value is -1.39. The maximum atomic E-state index is 12.2. The first-order chi connectivity index (χ1) is 11.4. The maximum absolute atomic E-state index is 12.2. The second-order valence-corrected chi connectivity index (χ2v) is 7.52. The number of hydrogen-bond acceptors (Lipinski definition) is 3. The van der Waals surface area contributed by atoms with Crippen LogP contribution in [0.25, 0.3) is 0 Å². The van der Waals surface area contributed by atoms with E-state index in [0.717, 1.165) is 18.2 Å². The average Bonchev–Trinajstić information content (AvgIpc) is 3.09. The Morgan fingerprint density at radius 3 is 2.21 bits per heavy atom. The number of hydrogen-bond donors (Lipinski definition) is 1. The first kappa shape index (κ1) is 18.9. The molecule has 1 aromatic carbocycles. The smallest absolute Gasteiger partial charge is 0.239 e. The molecule has 1 fully saturated rings. The van der Waals surface area contributed by atoms with Crippen LogP contribution in [0.1, 0.15) is 50.7 Å². The van der Waals surface area contributed by atoms with Crippen LogP contribution in [-0.4, -0.2) is 47.9 Å². The highest BCUT2D eigenvalue weighted by Crippen LogP contribution is 2.23. The monoisotopic (exact) mass is 331 g/mol. The molecule has 0 heterocycles. The third kappa shape index (κ3) is 5.05. The van der Waals surface area contributed by atoms with Gasteiger partial charge in [0.15, 0.2) is 0 Å². The Balaban J connectivity index is 1.88. The predicted octanol–water partition coefficient (Wildman–Crippen LogP) is 2.80. The zero-order chi connectivity index (χ0) is 17.7. The van der Waals surface area contributed by atoms with E-state index in [1.165, 1.54) is 31.2 Å². The van der Waals surface area contributed by atoms with Gasteiger partial charge in [0.05, 0.1) is 6.04 Å². The molecular formula is C20H33N3O. The van der Waals surface area contributed by atoms with Crippen LogP contribution in [0.5, 0.6) is 0 Å². The van der Waals surface area contributed by atoms with Crippen LogP contribution in [0, 0.1) is 0 Å². The third-order valence-electron chi connectivity index (χ3n) is 5.30. The number of benzene rings is 1. The molecule has 0 spiro atoms. The summed E-state index contributed by atoms with van der Waals surface area (Å²) in [7, 11) is 4.04. The van der Waals surface area contributed by atoms with E-state index < -0.39 is 6.04 Å². The van der Waals surface area contributed by atoms with Crippen molar-refractivity contribution in [2.75, 3.05) is 14.1 Å². The molecule has 134 valence electrons. The molecule has 0 bridgehead atoms. The molecule has 1 atom stereocenters. The van der Waals surface area contributed by atoms with E-state index in [9.17, 15) is 4.79 Å². The molecule has 0 aliphatic heterocycles. The summed E-state index contributed by atoms with van der Waals surface area (Å²) in [5.74, 6) is 0.00930. The minimum atomic E-state index is -0.468. The topological polar surface area (TPSA) is 49.6 Å². The molecule has 1 saturated carbocycles. The van der Waals surface area contributed by atoms with E-state index in [1.54, 1.807) is 4.90 Å². The van der Waals surface area contributed by atoms with Crippen LogP contribution < -0.4 is 5.73 Å². The van der Waals surface area contributed by atoms with Crippen molar-refractivity contribution in [1.29, 1.82) is 0 Å². The van der Waals surface area contributed by atoms with Crippen molar-refractivity contribution in [3.8, 4) is 0 Å². The van der Waals surface area contributed by atoms with Crippen molar-refractivity contribution in [1.82, 2.24) is 9.80 Å². The van der Waals surface area contributed by atoms with Crippen molar-refractivity contribution in [2.24, 2.45) is 5.73 Å². The van der Waals surface area contributed by atoms with Gasteiger partial charge in [0.1, 0.15) is 0 Å². The summed E-state index contributed by atoms with van der Waals surface area (Å²) >= 11 is 0. The van der Waals surface area contributed by atoms with Crippen LogP contribution in [0.15, 0.2) is 24.3 Å². The van der Waals surface area contributed by atoms with Crippen molar-refractivity contribution in [3.63, 3.8) is 0 Å². The van der Waals surface area contributed by atoms with Gasteiger partial charge in [0.2, 0.25) is 5.91 Å². The minimum Gasteiger partial charge on any atom is -0.342 e. The van der Waals surface area contributed by atoms with E-state index >= 15 is 0 Å². The molecule has 2 rings (SSSR count). The van der Waals surface area contributed by atoms with Gasteiger partial charge in [0.25, 0.3) is 0 Å². The van der Waals surface area contributed by atoms with E-state index in [-0.39, 0.29) is 11.9 Å². The summed E-state index contributed by atoms with van der Waals surface area (Å²) in [6, 6.07) is 9.01. The fourth-order valence-electron chi connectivity index (χ4n) is 3.40. The highest BCUT2D eigenvalue weighted by molar-refractivity contribution is 5.82. The molecule has 0 radical (unpaired) electrons. The molecule has 1 aliphatic carbocycles. The number of amides is 1. The second kappa shape index (κ2) is 8.63. The van der Waals surface area contributed by atoms with Crippen molar-refractivity contribution in [2.45, 2.75) is 70.6 Å². The summed E-state index contributed by atoms with van der Waals surface area (Å²) in [6.45, 7) is 4.99. The SMILES string of the molecule is CC(C)N(C)C(=O)C(N)Cc1ccc(CN(C)C2CCCC2)cc1. The lowest BCUT2D eigenvalue weighted by atomic mass is 10.0. The highest BCUT2D eigenvalue weighted by atomic mass is 16.2. The Morgan fingerprint density at radius 2 is 1.67 bits per heavy atom. The van der Waals surface area contributed by atoms with E-state index in [2.05, 4.69) is 36.2 Å². The van der Waals surface area contributed by atoms with Crippen LogP contribution >= 0.6 is 0 Å². The zero-order valence-electron chi connectivity index (χ0n) is 15.7. The molecule has 1 unspecified atom stereocenters. The minimum absolute atomic E-state index is 0.00930. The van der Waals surface area contributed by atoms with Crippen LogP contribution in [-0.2, 0) is 17.8 Å². The predicted molar refractivity (Wildman–Crippen MR) is 99.8 cm³/mol. The lowest BCUT2D eigenvalue weighted by molar-refractivity contribution is -0.132. The van der Waals surface area contributed by atoms with E-state index in [4.69, 9.17) is 5.73 Å². The average molecular weight is 332 g/mol. The summed E-state index contributed by atoms with van der Waals surface area (Å²) in [6.07, 6.45) is 5.98. The summed E-state index contributed by atoms with van der Waals surface area (Å²) in [4.78, 5) is 16.4. The summed E-state index contributed by atoms with van der Waals surface area (Å²) in [5, 5.41) is 0. The van der Waals surface area contributed by atoms with Crippen LogP contribution in [0.4, 0.5) is 0 Å². The molecule has 1 aliphatic rings. The lowest BCUT2D eigenvalue weighted by Crippen LogP contribution is -2.45. The number of carbonyl (C=O) groups is 1. The number of rotatable bonds is 7. The van der Waals surface area contributed by atoms with Crippen LogP contribution in [0.3, 0.4) is 0 Å². The molecule has 0 aromatic heterocycles.